The standard InChI is InChI=1S/C21H24BrN5O2/c1-27(2)13-17(28)14-29-18-10-8-16(9-11-18)25-21-23-12-19(22)20(26-21)24-15-6-4-3-5-7-15/h3-12,17,28H,13-14H2,1-2H3,(H2,23,24,25,26). The number of anilines is 4. The van der Waals surface area contributed by atoms with E-state index in [1.165, 1.54) is 0 Å². The number of benzene rings is 2. The first kappa shape index (κ1) is 21.0. The molecule has 0 aliphatic rings. The minimum atomic E-state index is -0.533. The minimum Gasteiger partial charge on any atom is -0.491 e. The number of nitrogens with zero attached hydrogens (tertiary/aromatic N) is 3. The Kier molecular flexibility index (Phi) is 7.40. The van der Waals surface area contributed by atoms with E-state index < -0.39 is 6.10 Å². The summed E-state index contributed by atoms with van der Waals surface area (Å²) in [6, 6.07) is 17.3. The third-order valence-electron chi connectivity index (χ3n) is 3.91. The number of rotatable bonds is 9. The number of ether oxygens (including phenoxy) is 1. The summed E-state index contributed by atoms with van der Waals surface area (Å²) in [6.07, 6.45) is 1.17. The molecule has 7 nitrogen and oxygen atoms in total. The second kappa shape index (κ2) is 10.2. The van der Waals surface area contributed by atoms with Crippen molar-refractivity contribution in [3.05, 3.63) is 65.3 Å². The Morgan fingerprint density at radius 1 is 1.03 bits per heavy atom. The van der Waals surface area contributed by atoms with Crippen LogP contribution >= 0.6 is 15.9 Å². The molecule has 3 aromatic rings. The van der Waals surface area contributed by atoms with E-state index in [1.54, 1.807) is 6.20 Å². The molecule has 3 rings (SSSR count). The van der Waals surface area contributed by atoms with Gasteiger partial charge in [-0.2, -0.15) is 4.98 Å². The van der Waals surface area contributed by atoms with Gasteiger partial charge in [0.2, 0.25) is 5.95 Å². The summed E-state index contributed by atoms with van der Waals surface area (Å²) in [5.41, 5.74) is 1.77. The molecule has 3 N–H and O–H groups in total. The smallest absolute Gasteiger partial charge is 0.229 e. The van der Waals surface area contributed by atoms with Crippen molar-refractivity contribution in [2.24, 2.45) is 0 Å². The van der Waals surface area contributed by atoms with Gasteiger partial charge in [0.05, 0.1) is 4.47 Å². The van der Waals surface area contributed by atoms with Crippen LogP contribution in [0.25, 0.3) is 0 Å². The third-order valence-corrected chi connectivity index (χ3v) is 4.49. The van der Waals surface area contributed by atoms with E-state index in [4.69, 9.17) is 4.74 Å². The molecule has 0 fully saturated rings. The second-order valence-corrected chi connectivity index (χ2v) is 7.61. The van der Waals surface area contributed by atoms with Gasteiger partial charge in [0.25, 0.3) is 0 Å². The average molecular weight is 458 g/mol. The first-order valence-corrected chi connectivity index (χ1v) is 9.96. The van der Waals surface area contributed by atoms with Gasteiger partial charge in [-0.05, 0) is 66.4 Å². The van der Waals surface area contributed by atoms with Gasteiger partial charge in [0.1, 0.15) is 24.3 Å². The summed E-state index contributed by atoms with van der Waals surface area (Å²) < 4.78 is 6.39. The fraction of sp³-hybridized carbons (Fsp3) is 0.238. The largest absolute Gasteiger partial charge is 0.491 e. The number of likely N-dealkylation sites (N-methyl/N-ethyl adjacent to an activating group) is 1. The van der Waals surface area contributed by atoms with E-state index in [9.17, 15) is 5.11 Å². The zero-order valence-electron chi connectivity index (χ0n) is 16.3. The van der Waals surface area contributed by atoms with E-state index in [0.29, 0.717) is 24.1 Å². The molecule has 8 heteroatoms. The van der Waals surface area contributed by atoms with Gasteiger partial charge in [-0.25, -0.2) is 4.98 Å². The van der Waals surface area contributed by atoms with Crippen molar-refractivity contribution in [1.29, 1.82) is 0 Å². The van der Waals surface area contributed by atoms with Crippen LogP contribution in [0.3, 0.4) is 0 Å². The van der Waals surface area contributed by atoms with Crippen molar-refractivity contribution in [1.82, 2.24) is 14.9 Å². The fourth-order valence-electron chi connectivity index (χ4n) is 2.60. The molecule has 0 radical (unpaired) electrons. The Balaban J connectivity index is 1.60. The predicted molar refractivity (Wildman–Crippen MR) is 119 cm³/mol. The number of hydrogen-bond acceptors (Lipinski definition) is 7. The highest BCUT2D eigenvalue weighted by Crippen LogP contribution is 2.25. The molecule has 1 atom stereocenters. The maximum atomic E-state index is 9.88. The monoisotopic (exact) mass is 457 g/mol. The molecule has 1 aromatic heterocycles. The quantitative estimate of drug-likeness (QED) is 0.447. The van der Waals surface area contributed by atoms with Crippen molar-refractivity contribution in [2.45, 2.75) is 6.10 Å². The zero-order valence-corrected chi connectivity index (χ0v) is 17.9. The first-order valence-electron chi connectivity index (χ1n) is 9.17. The number of nitrogens with one attached hydrogen (secondary N) is 2. The number of aliphatic hydroxyl groups excluding tert-OH is 1. The lowest BCUT2D eigenvalue weighted by atomic mass is 10.3. The molecule has 2 aromatic carbocycles. The van der Waals surface area contributed by atoms with Crippen LogP contribution in [0.1, 0.15) is 0 Å². The predicted octanol–water partition coefficient (Wildman–Crippen LogP) is 4.03. The molecule has 0 spiro atoms. The topological polar surface area (TPSA) is 82.5 Å². The Bertz CT molecular complexity index is 907. The second-order valence-electron chi connectivity index (χ2n) is 6.76. The van der Waals surface area contributed by atoms with Crippen LogP contribution in [0.4, 0.5) is 23.1 Å². The van der Waals surface area contributed by atoms with Crippen LogP contribution in [-0.2, 0) is 0 Å². The molecule has 0 aliphatic heterocycles. The van der Waals surface area contributed by atoms with Crippen LogP contribution in [0.15, 0.2) is 65.3 Å². The van der Waals surface area contributed by atoms with Crippen molar-refractivity contribution in [3.63, 3.8) is 0 Å². The average Bonchev–Trinajstić information content (AvgIpc) is 2.70. The zero-order chi connectivity index (χ0) is 20.6. The fourth-order valence-corrected chi connectivity index (χ4v) is 2.89. The van der Waals surface area contributed by atoms with Crippen LogP contribution in [0.5, 0.6) is 5.75 Å². The lowest BCUT2D eigenvalue weighted by Gasteiger charge is -2.16. The summed E-state index contributed by atoms with van der Waals surface area (Å²) in [4.78, 5) is 10.7. The van der Waals surface area contributed by atoms with Gasteiger partial charge in [-0.15, -0.1) is 0 Å². The molecular weight excluding hydrogens is 434 g/mol. The van der Waals surface area contributed by atoms with Gasteiger partial charge < -0.3 is 25.4 Å². The molecule has 0 bridgehead atoms. The SMILES string of the molecule is CN(C)CC(O)COc1ccc(Nc2ncc(Br)c(Nc3ccccc3)n2)cc1. The number of hydrogen-bond donors (Lipinski definition) is 3. The van der Waals surface area contributed by atoms with Crippen molar-refractivity contribution >= 4 is 39.1 Å². The van der Waals surface area contributed by atoms with Crippen LogP contribution in [0, 0.1) is 0 Å². The van der Waals surface area contributed by atoms with Gasteiger partial charge in [0, 0.05) is 24.1 Å². The third kappa shape index (κ3) is 6.70. The molecular formula is C21H24BrN5O2. The highest BCUT2D eigenvalue weighted by molar-refractivity contribution is 9.10. The summed E-state index contributed by atoms with van der Waals surface area (Å²) in [5.74, 6) is 1.83. The van der Waals surface area contributed by atoms with E-state index in [-0.39, 0.29) is 6.61 Å². The van der Waals surface area contributed by atoms with Crippen LogP contribution < -0.4 is 15.4 Å². The number of halogens is 1. The minimum absolute atomic E-state index is 0.245. The normalized spacial score (nSPS) is 11.9. The molecule has 152 valence electrons. The maximum absolute atomic E-state index is 9.88. The van der Waals surface area contributed by atoms with Crippen molar-refractivity contribution < 1.29 is 9.84 Å². The molecule has 1 heterocycles. The van der Waals surface area contributed by atoms with Gasteiger partial charge in [-0.1, -0.05) is 18.2 Å². The summed E-state index contributed by atoms with van der Waals surface area (Å²) in [7, 11) is 3.82. The Hall–Kier alpha value is -2.68. The highest BCUT2D eigenvalue weighted by atomic mass is 79.9. The maximum Gasteiger partial charge on any atom is 0.229 e. The first-order chi connectivity index (χ1) is 14.0. The molecule has 0 saturated carbocycles. The van der Waals surface area contributed by atoms with Gasteiger partial charge in [0.15, 0.2) is 0 Å². The van der Waals surface area contributed by atoms with Gasteiger partial charge in [-0.3, -0.25) is 0 Å². The van der Waals surface area contributed by atoms with E-state index in [1.807, 2.05) is 73.6 Å². The molecule has 0 aliphatic carbocycles. The van der Waals surface area contributed by atoms with Gasteiger partial charge >= 0.3 is 0 Å². The summed E-state index contributed by atoms with van der Waals surface area (Å²) in [6.45, 7) is 0.801. The van der Waals surface area contributed by atoms with E-state index >= 15 is 0 Å². The van der Waals surface area contributed by atoms with Crippen molar-refractivity contribution in [3.8, 4) is 5.75 Å². The molecule has 0 saturated heterocycles. The summed E-state index contributed by atoms with van der Waals surface area (Å²) in [5, 5.41) is 16.3. The van der Waals surface area contributed by atoms with Crippen LogP contribution in [0.2, 0.25) is 0 Å². The molecule has 0 amide bonds. The lowest BCUT2D eigenvalue weighted by molar-refractivity contribution is 0.0831. The summed E-state index contributed by atoms with van der Waals surface area (Å²) >= 11 is 3.47. The van der Waals surface area contributed by atoms with E-state index in [0.717, 1.165) is 15.8 Å². The number of aliphatic hydroxyl groups is 1. The van der Waals surface area contributed by atoms with E-state index in [2.05, 4.69) is 36.5 Å². The highest BCUT2D eigenvalue weighted by Gasteiger charge is 2.08. The lowest BCUT2D eigenvalue weighted by Crippen LogP contribution is -2.30. The molecule has 1 unspecified atom stereocenters. The molecule has 29 heavy (non-hydrogen) atoms. The van der Waals surface area contributed by atoms with Crippen LogP contribution in [-0.4, -0.2) is 53.3 Å². The van der Waals surface area contributed by atoms with Crippen molar-refractivity contribution in [2.75, 3.05) is 37.9 Å². The Morgan fingerprint density at radius 2 is 1.72 bits per heavy atom. The Morgan fingerprint density at radius 3 is 2.41 bits per heavy atom. The Labute approximate surface area is 178 Å². The number of para-hydroxylation sites is 1. The number of aromatic nitrogens is 2.